The second-order valence-electron chi connectivity index (χ2n) is 4.75. The summed E-state index contributed by atoms with van der Waals surface area (Å²) in [5.41, 5.74) is 8.67. The molecule has 19 heavy (non-hydrogen) atoms. The highest BCUT2D eigenvalue weighted by Gasteiger charge is 2.25. The molecular weight excluding hydrogens is 262 g/mol. The average Bonchev–Trinajstić information content (AvgIpc) is 2.66. The molecule has 6 heteroatoms. The summed E-state index contributed by atoms with van der Waals surface area (Å²) < 4.78 is 26.4. The molecule has 0 amide bonds. The summed E-state index contributed by atoms with van der Waals surface area (Å²) in [6, 6.07) is 8.19. The van der Waals surface area contributed by atoms with Gasteiger partial charge in [-0.05, 0) is 24.5 Å². The Morgan fingerprint density at radius 2 is 2.11 bits per heavy atom. The van der Waals surface area contributed by atoms with Crippen LogP contribution in [0.1, 0.15) is 12.0 Å². The lowest BCUT2D eigenvalue weighted by Crippen LogP contribution is -2.32. The van der Waals surface area contributed by atoms with E-state index in [9.17, 15) is 8.42 Å². The molecule has 0 saturated heterocycles. The Morgan fingerprint density at radius 1 is 1.32 bits per heavy atom. The number of nitrogens with zero attached hydrogens (tertiary/aromatic N) is 2. The lowest BCUT2D eigenvalue weighted by Gasteiger charge is -2.31. The number of rotatable bonds is 2. The van der Waals surface area contributed by atoms with E-state index >= 15 is 0 Å². The number of para-hydroxylation sites is 1. The molecule has 0 aliphatic carbocycles. The Labute approximate surface area is 112 Å². The monoisotopic (exact) mass is 277 g/mol. The Kier molecular flexibility index (Phi) is 2.82. The SMILES string of the molecule is NC1=C(CN2CCCc3ccccc32)C=NS1(=O)=O. The van der Waals surface area contributed by atoms with Gasteiger partial charge in [0, 0.05) is 30.6 Å². The van der Waals surface area contributed by atoms with Gasteiger partial charge in [-0.25, -0.2) is 0 Å². The van der Waals surface area contributed by atoms with Crippen LogP contribution in [-0.4, -0.2) is 27.7 Å². The van der Waals surface area contributed by atoms with Gasteiger partial charge in [0.05, 0.1) is 0 Å². The van der Waals surface area contributed by atoms with E-state index < -0.39 is 10.0 Å². The molecule has 0 spiro atoms. The van der Waals surface area contributed by atoms with Crippen LogP contribution < -0.4 is 10.6 Å². The first-order chi connectivity index (χ1) is 9.08. The van der Waals surface area contributed by atoms with Crippen molar-refractivity contribution in [1.29, 1.82) is 0 Å². The highest BCUT2D eigenvalue weighted by Crippen LogP contribution is 2.28. The maximum Gasteiger partial charge on any atom is 0.297 e. The summed E-state index contributed by atoms with van der Waals surface area (Å²) >= 11 is 0. The topological polar surface area (TPSA) is 75.8 Å². The normalized spacial score (nSPS) is 20.7. The molecule has 2 aliphatic heterocycles. The molecule has 3 rings (SSSR count). The van der Waals surface area contributed by atoms with Crippen LogP contribution in [-0.2, 0) is 16.4 Å². The molecule has 0 bridgehead atoms. The minimum absolute atomic E-state index is 0.115. The summed E-state index contributed by atoms with van der Waals surface area (Å²) in [6.45, 7) is 1.40. The van der Waals surface area contributed by atoms with Crippen molar-refractivity contribution in [2.45, 2.75) is 12.8 Å². The smallest absolute Gasteiger partial charge is 0.297 e. The number of hydrogen-bond acceptors (Lipinski definition) is 4. The van der Waals surface area contributed by atoms with Gasteiger partial charge < -0.3 is 10.6 Å². The van der Waals surface area contributed by atoms with E-state index in [1.54, 1.807) is 0 Å². The van der Waals surface area contributed by atoms with Crippen LogP contribution in [0.2, 0.25) is 0 Å². The van der Waals surface area contributed by atoms with Gasteiger partial charge in [0.25, 0.3) is 10.0 Å². The van der Waals surface area contributed by atoms with E-state index in [0.717, 1.165) is 25.1 Å². The van der Waals surface area contributed by atoms with Crippen molar-refractivity contribution >= 4 is 21.9 Å². The Balaban J connectivity index is 1.91. The van der Waals surface area contributed by atoms with Crippen molar-refractivity contribution in [3.05, 3.63) is 40.4 Å². The molecule has 0 saturated carbocycles. The number of nitrogens with two attached hydrogens (primary N) is 1. The van der Waals surface area contributed by atoms with Gasteiger partial charge in [0.15, 0.2) is 5.03 Å². The second-order valence-corrected chi connectivity index (χ2v) is 6.35. The summed E-state index contributed by atoms with van der Waals surface area (Å²) in [6.07, 6.45) is 3.49. The quantitative estimate of drug-likeness (QED) is 0.876. The number of fused-ring (bicyclic) bond motifs is 1. The molecule has 0 radical (unpaired) electrons. The van der Waals surface area contributed by atoms with Gasteiger partial charge in [0.2, 0.25) is 0 Å². The number of anilines is 1. The maximum atomic E-state index is 11.5. The third-order valence-electron chi connectivity index (χ3n) is 3.51. The van der Waals surface area contributed by atoms with E-state index in [0.29, 0.717) is 12.1 Å². The van der Waals surface area contributed by atoms with Gasteiger partial charge in [-0.3, -0.25) is 0 Å². The van der Waals surface area contributed by atoms with E-state index in [1.807, 2.05) is 12.1 Å². The van der Waals surface area contributed by atoms with Crippen molar-refractivity contribution in [2.75, 3.05) is 18.0 Å². The molecule has 0 atom stereocenters. The largest absolute Gasteiger partial charge is 0.388 e. The van der Waals surface area contributed by atoms with Gasteiger partial charge in [0.1, 0.15) is 0 Å². The number of sulfonamides is 1. The molecule has 2 N–H and O–H groups in total. The van der Waals surface area contributed by atoms with Gasteiger partial charge >= 0.3 is 0 Å². The van der Waals surface area contributed by atoms with Gasteiger partial charge in [-0.2, -0.15) is 12.8 Å². The fraction of sp³-hybridized carbons (Fsp3) is 0.308. The number of aryl methyl sites for hydroxylation is 1. The minimum Gasteiger partial charge on any atom is -0.388 e. The van der Waals surface area contributed by atoms with Crippen molar-refractivity contribution in [2.24, 2.45) is 10.1 Å². The predicted octanol–water partition coefficient (Wildman–Crippen LogP) is 1.02. The highest BCUT2D eigenvalue weighted by molar-refractivity contribution is 7.94. The van der Waals surface area contributed by atoms with Crippen molar-refractivity contribution in [1.82, 2.24) is 0 Å². The fourth-order valence-electron chi connectivity index (χ4n) is 2.52. The lowest BCUT2D eigenvalue weighted by atomic mass is 10.0. The summed E-state index contributed by atoms with van der Waals surface area (Å²) in [4.78, 5) is 2.16. The zero-order chi connectivity index (χ0) is 13.5. The summed E-state index contributed by atoms with van der Waals surface area (Å²) in [7, 11) is -3.60. The van der Waals surface area contributed by atoms with E-state index in [2.05, 4.69) is 21.4 Å². The molecule has 1 aromatic rings. The Hall–Kier alpha value is -1.82. The van der Waals surface area contributed by atoms with Crippen LogP contribution in [0.3, 0.4) is 0 Å². The lowest BCUT2D eigenvalue weighted by molar-refractivity contribution is 0.604. The predicted molar refractivity (Wildman–Crippen MR) is 75.6 cm³/mol. The van der Waals surface area contributed by atoms with Crippen LogP contribution in [0, 0.1) is 0 Å². The van der Waals surface area contributed by atoms with Crippen LogP contribution in [0.25, 0.3) is 0 Å². The average molecular weight is 277 g/mol. The van der Waals surface area contributed by atoms with Crippen LogP contribution in [0.15, 0.2) is 39.3 Å². The Bertz CT molecular complexity index is 677. The van der Waals surface area contributed by atoms with E-state index in [4.69, 9.17) is 5.73 Å². The van der Waals surface area contributed by atoms with Crippen LogP contribution >= 0.6 is 0 Å². The van der Waals surface area contributed by atoms with Crippen LogP contribution in [0.5, 0.6) is 0 Å². The first-order valence-electron chi connectivity index (χ1n) is 6.20. The Morgan fingerprint density at radius 3 is 2.84 bits per heavy atom. The van der Waals surface area contributed by atoms with E-state index in [-0.39, 0.29) is 5.03 Å². The zero-order valence-corrected chi connectivity index (χ0v) is 11.2. The second kappa shape index (κ2) is 4.38. The third-order valence-corrected chi connectivity index (χ3v) is 4.71. The van der Waals surface area contributed by atoms with E-state index in [1.165, 1.54) is 11.8 Å². The van der Waals surface area contributed by atoms with Gasteiger partial charge in [-0.15, -0.1) is 0 Å². The van der Waals surface area contributed by atoms with Crippen molar-refractivity contribution < 1.29 is 8.42 Å². The third kappa shape index (κ3) is 2.12. The van der Waals surface area contributed by atoms with Crippen molar-refractivity contribution in [3.8, 4) is 0 Å². The summed E-state index contributed by atoms with van der Waals surface area (Å²) in [5, 5.41) is -0.115. The van der Waals surface area contributed by atoms with Crippen LogP contribution in [0.4, 0.5) is 5.69 Å². The molecule has 100 valence electrons. The highest BCUT2D eigenvalue weighted by atomic mass is 32.2. The molecule has 0 aromatic heterocycles. The number of benzene rings is 1. The molecule has 2 aliphatic rings. The molecule has 0 unspecified atom stereocenters. The fourth-order valence-corrected chi connectivity index (χ4v) is 3.35. The standard InChI is InChI=1S/C13H15N3O2S/c14-13-11(8-15-19(13,17)18)9-16-7-3-5-10-4-1-2-6-12(10)16/h1-2,4,6,8H,3,5,7,9,14H2. The molecular formula is C13H15N3O2S. The maximum absolute atomic E-state index is 11.5. The first-order valence-corrected chi connectivity index (χ1v) is 7.64. The molecule has 5 nitrogen and oxygen atoms in total. The summed E-state index contributed by atoms with van der Waals surface area (Å²) in [5.74, 6) is 0. The zero-order valence-electron chi connectivity index (χ0n) is 10.4. The first kappa shape index (κ1) is 12.2. The molecule has 0 fully saturated rings. The minimum atomic E-state index is -3.60. The number of hydrogen-bond donors (Lipinski definition) is 1. The molecule has 1 aromatic carbocycles. The van der Waals surface area contributed by atoms with Crippen molar-refractivity contribution in [3.63, 3.8) is 0 Å². The molecule has 2 heterocycles. The van der Waals surface area contributed by atoms with Gasteiger partial charge in [-0.1, -0.05) is 18.2 Å².